The van der Waals surface area contributed by atoms with Gasteiger partial charge in [-0.3, -0.25) is 29.4 Å². The highest BCUT2D eigenvalue weighted by Gasteiger charge is 2.47. The van der Waals surface area contributed by atoms with E-state index < -0.39 is 23.8 Å². The lowest BCUT2D eigenvalue weighted by atomic mass is 9.60. The van der Waals surface area contributed by atoms with Crippen molar-refractivity contribution in [1.29, 1.82) is 5.26 Å². The van der Waals surface area contributed by atoms with Gasteiger partial charge >= 0.3 is 0 Å². The average molecular weight is 884 g/mol. The number of ether oxygens (including phenoxy) is 1. The first kappa shape index (κ1) is 43.4. The van der Waals surface area contributed by atoms with E-state index in [0.717, 1.165) is 85.4 Å². The van der Waals surface area contributed by atoms with E-state index in [9.17, 15) is 24.4 Å². The summed E-state index contributed by atoms with van der Waals surface area (Å²) in [6.07, 6.45) is 7.95. The number of benzene rings is 3. The van der Waals surface area contributed by atoms with Crippen LogP contribution in [-0.2, 0) is 21.6 Å². The summed E-state index contributed by atoms with van der Waals surface area (Å²) in [6, 6.07) is 22.5. The van der Waals surface area contributed by atoms with Crippen LogP contribution in [0.4, 0.5) is 11.6 Å². The third-order valence-electron chi connectivity index (χ3n) is 14.1. The number of fused-ring (bicyclic) bond motifs is 1. The van der Waals surface area contributed by atoms with Crippen LogP contribution in [0.2, 0.25) is 5.02 Å². The summed E-state index contributed by atoms with van der Waals surface area (Å²) in [4.78, 5) is 65.7. The number of hydrogen-bond acceptors (Lipinski definition) is 12. The normalized spacial score (nSPS) is 21.2. The molecule has 4 fully saturated rings. The Labute approximate surface area is 378 Å². The maximum absolute atomic E-state index is 13.4. The summed E-state index contributed by atoms with van der Waals surface area (Å²) >= 11 is 6.30. The van der Waals surface area contributed by atoms with E-state index in [-0.39, 0.29) is 24.2 Å². The molecule has 64 heavy (non-hydrogen) atoms. The smallest absolute Gasteiger partial charge is 0.262 e. The van der Waals surface area contributed by atoms with Crippen LogP contribution in [0, 0.1) is 22.7 Å². The summed E-state index contributed by atoms with van der Waals surface area (Å²) in [7, 11) is 0. The number of hydrogen-bond donors (Lipinski definition) is 3. The monoisotopic (exact) mass is 883 g/mol. The molecular weight excluding hydrogens is 830 g/mol. The zero-order valence-electron chi connectivity index (χ0n) is 36.4. The van der Waals surface area contributed by atoms with Crippen molar-refractivity contribution in [2.24, 2.45) is 11.3 Å². The fourth-order valence-corrected chi connectivity index (χ4v) is 10.5. The zero-order chi connectivity index (χ0) is 44.6. The lowest BCUT2D eigenvalue weighted by Crippen LogP contribution is -2.54. The van der Waals surface area contributed by atoms with E-state index >= 15 is 0 Å². The van der Waals surface area contributed by atoms with Gasteiger partial charge in [-0.05, 0) is 129 Å². The Morgan fingerprint density at radius 2 is 1.70 bits per heavy atom. The number of aromatic nitrogens is 2. The van der Waals surface area contributed by atoms with E-state index in [2.05, 4.69) is 55.6 Å². The fraction of sp³-hybridized carbons (Fsp3) is 0.449. The molecular formula is C49H54ClN9O5. The van der Waals surface area contributed by atoms with Crippen LogP contribution in [-0.4, -0.2) is 101 Å². The summed E-state index contributed by atoms with van der Waals surface area (Å²) in [6.45, 7) is 11.2. The highest BCUT2D eigenvalue weighted by Crippen LogP contribution is 2.49. The molecule has 4 aliphatic heterocycles. The second-order valence-corrected chi connectivity index (χ2v) is 19.2. The topological polar surface area (TPSA) is 173 Å². The van der Waals surface area contributed by atoms with Crippen molar-refractivity contribution in [3.05, 3.63) is 111 Å². The van der Waals surface area contributed by atoms with Gasteiger partial charge in [0.05, 0.1) is 28.5 Å². The molecule has 5 heterocycles. The molecule has 4 amide bonds. The third-order valence-corrected chi connectivity index (χ3v) is 14.4. The second-order valence-electron chi connectivity index (χ2n) is 18.7. The van der Waals surface area contributed by atoms with Crippen molar-refractivity contribution in [1.82, 2.24) is 30.4 Å². The largest absolute Gasteiger partial charge is 0.487 e. The number of nitrogens with one attached hydrogen (secondary N) is 3. The number of nitrogens with zero attached hydrogens (tertiary/aromatic N) is 6. The molecule has 2 atom stereocenters. The van der Waals surface area contributed by atoms with E-state index in [1.54, 1.807) is 24.4 Å². The van der Waals surface area contributed by atoms with Gasteiger partial charge in [0.1, 0.15) is 18.4 Å². The van der Waals surface area contributed by atoms with Crippen LogP contribution in [0.5, 0.6) is 5.75 Å². The highest BCUT2D eigenvalue weighted by molar-refractivity contribution is 6.30. The maximum Gasteiger partial charge on any atom is 0.262 e. The van der Waals surface area contributed by atoms with Gasteiger partial charge < -0.3 is 25.2 Å². The van der Waals surface area contributed by atoms with Gasteiger partial charge in [0.25, 0.3) is 11.8 Å². The molecule has 332 valence electrons. The Kier molecular flexibility index (Phi) is 12.2. The van der Waals surface area contributed by atoms with Crippen molar-refractivity contribution in [2.75, 3.05) is 56.0 Å². The molecule has 14 nitrogen and oxygen atoms in total. The van der Waals surface area contributed by atoms with Crippen LogP contribution < -0.4 is 25.6 Å². The molecule has 1 aliphatic carbocycles. The standard InChI is InChI=1S/C49H54ClN9O5/c1-48(2,34-21-32(27-51)22-35(50)23-34)33-3-6-39(7-4-33)64-30-36-11-15-53-47(55-36)54-17-16-52-37-25-49(26-37)13-19-57(20-14-49)28-31-12-18-58(29-31)38-5-8-40-41(24-38)46(63)59(45(40)62)42-9-10-43(60)56-44(42)61/h3-8,11,15,21-24,31,37,42,52H,9-10,12-14,16-20,25-26,28-30H2,1-2H3,(H,53,54,55)(H,56,60,61). The minimum Gasteiger partial charge on any atom is -0.487 e. The quantitative estimate of drug-likeness (QED) is 0.0986. The Hall–Kier alpha value is -5.88. The van der Waals surface area contributed by atoms with Crippen molar-refractivity contribution >= 4 is 46.9 Å². The summed E-state index contributed by atoms with van der Waals surface area (Å²) in [5.41, 5.74) is 5.04. The number of anilines is 2. The van der Waals surface area contributed by atoms with Crippen LogP contribution in [0.3, 0.4) is 0 Å². The molecule has 2 unspecified atom stereocenters. The number of amides is 4. The predicted molar refractivity (Wildman–Crippen MR) is 242 cm³/mol. The lowest BCUT2D eigenvalue weighted by molar-refractivity contribution is -0.136. The third kappa shape index (κ3) is 9.07. The number of imide groups is 2. The molecule has 3 aromatic carbocycles. The number of carbonyl (C=O) groups is 4. The minimum absolute atomic E-state index is 0.102. The van der Waals surface area contributed by atoms with Crippen LogP contribution >= 0.6 is 11.6 Å². The first-order chi connectivity index (χ1) is 30.9. The predicted octanol–water partition coefficient (Wildman–Crippen LogP) is 6.08. The first-order valence-electron chi connectivity index (χ1n) is 22.4. The molecule has 0 bridgehead atoms. The van der Waals surface area contributed by atoms with E-state index in [0.29, 0.717) is 51.6 Å². The number of nitriles is 1. The average Bonchev–Trinajstić information content (AvgIpc) is 3.85. The summed E-state index contributed by atoms with van der Waals surface area (Å²) < 4.78 is 6.08. The Morgan fingerprint density at radius 1 is 0.922 bits per heavy atom. The minimum atomic E-state index is -0.960. The first-order valence-corrected chi connectivity index (χ1v) is 22.8. The number of piperidine rings is 2. The molecule has 3 N–H and O–H groups in total. The van der Waals surface area contributed by atoms with Crippen LogP contribution in [0.1, 0.15) is 102 Å². The lowest BCUT2D eigenvalue weighted by Gasteiger charge is -2.53. The molecule has 9 rings (SSSR count). The molecule has 5 aliphatic rings. The van der Waals surface area contributed by atoms with Gasteiger partial charge in [-0.15, -0.1) is 0 Å². The van der Waals surface area contributed by atoms with Gasteiger partial charge in [0.2, 0.25) is 17.8 Å². The van der Waals surface area contributed by atoms with E-state index in [4.69, 9.17) is 16.3 Å². The van der Waals surface area contributed by atoms with Gasteiger partial charge in [-0.2, -0.15) is 5.26 Å². The molecule has 1 aromatic heterocycles. The Morgan fingerprint density at radius 3 is 2.47 bits per heavy atom. The van der Waals surface area contributed by atoms with Crippen LogP contribution in [0.15, 0.2) is 72.9 Å². The Balaban J connectivity index is 0.666. The number of carbonyl (C=O) groups excluding carboxylic acids is 4. The van der Waals surface area contributed by atoms with Crippen LogP contribution in [0.25, 0.3) is 0 Å². The van der Waals surface area contributed by atoms with Crippen molar-refractivity contribution in [2.45, 2.75) is 82.9 Å². The second kappa shape index (κ2) is 17.9. The van der Waals surface area contributed by atoms with Gasteiger partial charge in [0, 0.05) is 67.5 Å². The fourth-order valence-electron chi connectivity index (χ4n) is 10.3. The molecule has 4 aromatic rings. The number of rotatable bonds is 14. The Bertz CT molecular complexity index is 2490. The van der Waals surface area contributed by atoms with Gasteiger partial charge in [-0.1, -0.05) is 37.6 Å². The number of likely N-dealkylation sites (tertiary alicyclic amines) is 1. The SMILES string of the molecule is CC(C)(c1ccc(OCc2ccnc(NCCNC3CC4(CCN(CC5CCN(c6ccc7c(c6)C(=O)N(C6CCC(=O)NC6=O)C7=O)C5)CC4)C3)n2)cc1)c1cc(Cl)cc(C#N)c1. The van der Waals surface area contributed by atoms with Crippen molar-refractivity contribution < 1.29 is 23.9 Å². The summed E-state index contributed by atoms with van der Waals surface area (Å²) in [5, 5.41) is 19.3. The molecule has 1 saturated carbocycles. The van der Waals surface area contributed by atoms with E-state index in [1.165, 1.54) is 25.7 Å². The van der Waals surface area contributed by atoms with Gasteiger partial charge in [-0.25, -0.2) is 9.97 Å². The van der Waals surface area contributed by atoms with Crippen molar-refractivity contribution in [3.8, 4) is 11.8 Å². The van der Waals surface area contributed by atoms with Crippen molar-refractivity contribution in [3.63, 3.8) is 0 Å². The highest BCUT2D eigenvalue weighted by atomic mass is 35.5. The molecule has 15 heteroatoms. The van der Waals surface area contributed by atoms with E-state index in [1.807, 2.05) is 48.5 Å². The molecule has 3 saturated heterocycles. The zero-order valence-corrected chi connectivity index (χ0v) is 37.1. The number of halogens is 1. The molecule has 0 radical (unpaired) electrons. The maximum atomic E-state index is 13.4. The summed E-state index contributed by atoms with van der Waals surface area (Å²) in [5.74, 6) is -0.0695. The van der Waals surface area contributed by atoms with Gasteiger partial charge in [0.15, 0.2) is 0 Å². The molecule has 1 spiro atoms.